The minimum absolute atomic E-state index is 0.402. The van der Waals surface area contributed by atoms with Crippen LogP contribution in [0.3, 0.4) is 0 Å². The van der Waals surface area contributed by atoms with E-state index in [0.29, 0.717) is 16.9 Å². The van der Waals surface area contributed by atoms with E-state index in [4.69, 9.17) is 4.74 Å². The Morgan fingerprint density at radius 3 is 2.32 bits per heavy atom. The summed E-state index contributed by atoms with van der Waals surface area (Å²) in [6.07, 6.45) is 0. The van der Waals surface area contributed by atoms with Crippen LogP contribution >= 0.6 is 15.9 Å². The van der Waals surface area contributed by atoms with Crippen molar-refractivity contribution in [2.75, 3.05) is 7.11 Å². The van der Waals surface area contributed by atoms with Crippen molar-refractivity contribution in [3.05, 3.63) is 64.1 Å². The van der Waals surface area contributed by atoms with Crippen LogP contribution in [0.1, 0.15) is 11.1 Å². The number of amides is 3. The van der Waals surface area contributed by atoms with E-state index in [0.717, 1.165) is 4.47 Å². The van der Waals surface area contributed by atoms with Crippen molar-refractivity contribution in [3.8, 4) is 5.75 Å². The summed E-state index contributed by atoms with van der Waals surface area (Å²) in [7, 11) is 1.57. The monoisotopic (exact) mass is 360 g/mol. The van der Waals surface area contributed by atoms with Gasteiger partial charge in [0, 0.05) is 4.47 Å². The van der Waals surface area contributed by atoms with E-state index in [2.05, 4.69) is 26.6 Å². The van der Waals surface area contributed by atoms with E-state index in [1.807, 2.05) is 18.2 Å². The standard InChI is InChI=1S/C16H13BrN2O3/c1-22-13-7-5-10(6-8-13)16(14(20)18-15(21)19-16)11-3-2-4-12(17)9-11/h2-9H,1H3,(H2,18,19,20,21). The lowest BCUT2D eigenvalue weighted by Gasteiger charge is -2.27. The molecule has 1 unspecified atom stereocenters. The molecular formula is C16H13BrN2O3. The first-order chi connectivity index (χ1) is 10.6. The summed E-state index contributed by atoms with van der Waals surface area (Å²) in [5.41, 5.74) is 0.0952. The van der Waals surface area contributed by atoms with Gasteiger partial charge in [0.2, 0.25) is 0 Å². The molecule has 2 N–H and O–H groups in total. The number of methoxy groups -OCH3 is 1. The molecule has 2 aromatic rings. The van der Waals surface area contributed by atoms with E-state index in [-0.39, 0.29) is 0 Å². The zero-order valence-electron chi connectivity index (χ0n) is 11.7. The Kier molecular flexibility index (Phi) is 3.62. The highest BCUT2D eigenvalue weighted by Gasteiger charge is 2.49. The number of imide groups is 1. The fraction of sp³-hybridized carbons (Fsp3) is 0.125. The topological polar surface area (TPSA) is 67.4 Å². The Morgan fingerprint density at radius 2 is 1.77 bits per heavy atom. The van der Waals surface area contributed by atoms with Crippen molar-refractivity contribution >= 4 is 27.9 Å². The molecule has 3 rings (SSSR count). The lowest BCUT2D eigenvalue weighted by atomic mass is 9.83. The van der Waals surface area contributed by atoms with Crippen LogP contribution in [0.5, 0.6) is 5.75 Å². The second kappa shape index (κ2) is 5.46. The predicted octanol–water partition coefficient (Wildman–Crippen LogP) is 2.54. The van der Waals surface area contributed by atoms with Crippen LogP contribution in [0.15, 0.2) is 53.0 Å². The molecule has 1 saturated heterocycles. The summed E-state index contributed by atoms with van der Waals surface area (Å²) in [5.74, 6) is 0.277. The van der Waals surface area contributed by atoms with Crippen LogP contribution in [-0.2, 0) is 10.3 Å². The van der Waals surface area contributed by atoms with Crippen molar-refractivity contribution in [3.63, 3.8) is 0 Å². The first-order valence-corrected chi connectivity index (χ1v) is 7.40. The molecule has 1 atom stereocenters. The van der Waals surface area contributed by atoms with Gasteiger partial charge < -0.3 is 10.1 Å². The van der Waals surface area contributed by atoms with Gasteiger partial charge in [-0.25, -0.2) is 4.79 Å². The second-order valence-corrected chi connectivity index (χ2v) is 5.81. The minimum atomic E-state index is -1.24. The zero-order chi connectivity index (χ0) is 15.7. The molecule has 5 nitrogen and oxygen atoms in total. The van der Waals surface area contributed by atoms with E-state index < -0.39 is 17.5 Å². The molecule has 112 valence electrons. The van der Waals surface area contributed by atoms with Gasteiger partial charge in [0.05, 0.1) is 7.11 Å². The smallest absolute Gasteiger partial charge is 0.322 e. The fourth-order valence-corrected chi connectivity index (χ4v) is 2.99. The normalized spacial score (nSPS) is 20.5. The van der Waals surface area contributed by atoms with Crippen LogP contribution < -0.4 is 15.4 Å². The summed E-state index contributed by atoms with van der Waals surface area (Å²) in [6, 6.07) is 13.8. The second-order valence-electron chi connectivity index (χ2n) is 4.90. The van der Waals surface area contributed by atoms with Gasteiger partial charge in [0.1, 0.15) is 5.75 Å². The first kappa shape index (κ1) is 14.6. The predicted molar refractivity (Wildman–Crippen MR) is 84.6 cm³/mol. The van der Waals surface area contributed by atoms with Crippen molar-refractivity contribution in [2.45, 2.75) is 5.54 Å². The molecule has 0 aliphatic carbocycles. The summed E-state index contributed by atoms with van der Waals surface area (Å²) in [5, 5.41) is 5.07. The Morgan fingerprint density at radius 1 is 1.05 bits per heavy atom. The maximum absolute atomic E-state index is 12.5. The maximum atomic E-state index is 12.5. The fourth-order valence-electron chi connectivity index (χ4n) is 2.59. The van der Waals surface area contributed by atoms with Crippen LogP contribution in [0, 0.1) is 0 Å². The molecule has 0 radical (unpaired) electrons. The number of hydrogen-bond donors (Lipinski definition) is 2. The Bertz CT molecular complexity index is 745. The molecule has 1 fully saturated rings. The summed E-state index contributed by atoms with van der Waals surface area (Å²) in [6.45, 7) is 0. The molecule has 0 saturated carbocycles. The van der Waals surface area contributed by atoms with E-state index in [9.17, 15) is 9.59 Å². The molecule has 1 aliphatic heterocycles. The van der Waals surface area contributed by atoms with Crippen LogP contribution in [-0.4, -0.2) is 19.0 Å². The first-order valence-electron chi connectivity index (χ1n) is 6.60. The van der Waals surface area contributed by atoms with E-state index in [1.165, 1.54) is 0 Å². The van der Waals surface area contributed by atoms with E-state index >= 15 is 0 Å². The zero-order valence-corrected chi connectivity index (χ0v) is 13.3. The van der Waals surface area contributed by atoms with Gasteiger partial charge in [-0.15, -0.1) is 0 Å². The Hall–Kier alpha value is -2.34. The lowest BCUT2D eigenvalue weighted by molar-refractivity contribution is -0.122. The number of nitrogens with one attached hydrogen (secondary N) is 2. The van der Waals surface area contributed by atoms with E-state index in [1.54, 1.807) is 37.4 Å². The number of hydrogen-bond acceptors (Lipinski definition) is 3. The molecular weight excluding hydrogens is 348 g/mol. The SMILES string of the molecule is COc1ccc(C2(c3cccc(Br)c3)NC(=O)NC2=O)cc1. The number of carbonyl (C=O) groups is 2. The third-order valence-electron chi connectivity index (χ3n) is 3.65. The highest BCUT2D eigenvalue weighted by Crippen LogP contribution is 2.34. The maximum Gasteiger partial charge on any atom is 0.322 e. The average molecular weight is 361 g/mol. The number of benzene rings is 2. The third-order valence-corrected chi connectivity index (χ3v) is 4.14. The Labute approximate surface area is 135 Å². The van der Waals surface area contributed by atoms with Gasteiger partial charge in [-0.3, -0.25) is 10.1 Å². The Balaban J connectivity index is 2.19. The lowest BCUT2D eigenvalue weighted by Crippen LogP contribution is -2.44. The van der Waals surface area contributed by atoms with Crippen LogP contribution in [0.4, 0.5) is 4.79 Å². The molecule has 0 spiro atoms. The number of rotatable bonds is 3. The number of carbonyl (C=O) groups excluding carboxylic acids is 2. The third kappa shape index (κ3) is 2.25. The van der Waals surface area contributed by atoms with Crippen LogP contribution in [0.25, 0.3) is 0 Å². The summed E-state index contributed by atoms with van der Waals surface area (Å²) < 4.78 is 5.97. The number of urea groups is 1. The quantitative estimate of drug-likeness (QED) is 0.826. The summed E-state index contributed by atoms with van der Waals surface area (Å²) in [4.78, 5) is 24.3. The van der Waals surface area contributed by atoms with Crippen LogP contribution in [0.2, 0.25) is 0 Å². The largest absolute Gasteiger partial charge is 0.497 e. The molecule has 6 heteroatoms. The van der Waals surface area contributed by atoms with Gasteiger partial charge in [-0.2, -0.15) is 0 Å². The highest BCUT2D eigenvalue weighted by atomic mass is 79.9. The summed E-state index contributed by atoms with van der Waals surface area (Å²) >= 11 is 3.40. The van der Waals surface area contributed by atoms with Gasteiger partial charge >= 0.3 is 6.03 Å². The molecule has 1 aliphatic rings. The molecule has 1 heterocycles. The average Bonchev–Trinajstić information content (AvgIpc) is 2.83. The van der Waals surface area contributed by atoms with Gasteiger partial charge in [-0.1, -0.05) is 40.2 Å². The van der Waals surface area contributed by atoms with Crippen molar-refractivity contribution in [1.82, 2.24) is 10.6 Å². The molecule has 2 aromatic carbocycles. The molecule has 22 heavy (non-hydrogen) atoms. The molecule has 0 bridgehead atoms. The minimum Gasteiger partial charge on any atom is -0.497 e. The van der Waals surface area contributed by atoms with Gasteiger partial charge in [-0.05, 0) is 35.4 Å². The van der Waals surface area contributed by atoms with Gasteiger partial charge in [0.15, 0.2) is 5.54 Å². The number of halogens is 1. The molecule has 3 amide bonds. The van der Waals surface area contributed by atoms with Crippen molar-refractivity contribution < 1.29 is 14.3 Å². The van der Waals surface area contributed by atoms with Gasteiger partial charge in [0.25, 0.3) is 5.91 Å². The molecule has 0 aromatic heterocycles. The number of ether oxygens (including phenoxy) is 1. The highest BCUT2D eigenvalue weighted by molar-refractivity contribution is 9.10. The van der Waals surface area contributed by atoms with Crippen molar-refractivity contribution in [2.24, 2.45) is 0 Å². The van der Waals surface area contributed by atoms with Crippen molar-refractivity contribution in [1.29, 1.82) is 0 Å².